The van der Waals surface area contributed by atoms with Gasteiger partial charge in [0.15, 0.2) is 0 Å². The van der Waals surface area contributed by atoms with Gasteiger partial charge in [0.05, 0.1) is 25.2 Å². The van der Waals surface area contributed by atoms with Crippen molar-refractivity contribution in [3.63, 3.8) is 0 Å². The van der Waals surface area contributed by atoms with Crippen LogP contribution in [0.4, 0.5) is 5.69 Å². The molecule has 2 aromatic rings. The minimum Gasteiger partial charge on any atom is -0.497 e. The van der Waals surface area contributed by atoms with Gasteiger partial charge in [0.1, 0.15) is 5.75 Å². The average Bonchev–Trinajstić information content (AvgIpc) is 2.50. The van der Waals surface area contributed by atoms with Crippen LogP contribution in [-0.4, -0.2) is 13.0 Å². The number of methoxy groups -OCH3 is 1. The molecule has 21 heavy (non-hydrogen) atoms. The van der Waals surface area contributed by atoms with Crippen molar-refractivity contribution in [2.24, 2.45) is 0 Å². The fourth-order valence-electron chi connectivity index (χ4n) is 1.98. The zero-order valence-corrected chi connectivity index (χ0v) is 12.0. The molecule has 0 spiro atoms. The summed E-state index contributed by atoms with van der Waals surface area (Å²) in [5, 5.41) is 11.6. The number of nitrogens with zero attached hydrogens (tertiary/aromatic N) is 1. The second kappa shape index (κ2) is 6.58. The third-order valence-electron chi connectivity index (χ3n) is 3.16. The standard InChI is InChI=1S/C17H16N2O2/c1-12-9-15(21-2)7-8-16(12)19-17(20)10-13-3-5-14(11-18)6-4-13/h3-9H,10H2,1-2H3,(H,19,20). The van der Waals surface area contributed by atoms with Crippen LogP contribution in [0.15, 0.2) is 42.5 Å². The lowest BCUT2D eigenvalue weighted by molar-refractivity contribution is -0.115. The number of hydrogen-bond acceptors (Lipinski definition) is 3. The van der Waals surface area contributed by atoms with E-state index in [1.54, 1.807) is 31.4 Å². The van der Waals surface area contributed by atoms with Crippen LogP contribution in [0.1, 0.15) is 16.7 Å². The normalized spacial score (nSPS) is 9.76. The van der Waals surface area contributed by atoms with E-state index in [0.29, 0.717) is 5.56 Å². The molecule has 4 nitrogen and oxygen atoms in total. The van der Waals surface area contributed by atoms with Gasteiger partial charge in [-0.05, 0) is 48.4 Å². The second-order valence-electron chi connectivity index (χ2n) is 4.71. The molecule has 0 aliphatic carbocycles. The summed E-state index contributed by atoms with van der Waals surface area (Å²) in [4.78, 5) is 12.0. The molecule has 2 rings (SSSR count). The van der Waals surface area contributed by atoms with E-state index in [1.807, 2.05) is 25.1 Å². The van der Waals surface area contributed by atoms with Gasteiger partial charge in [-0.15, -0.1) is 0 Å². The molecule has 0 aromatic heterocycles. The van der Waals surface area contributed by atoms with E-state index in [-0.39, 0.29) is 12.3 Å². The maximum absolute atomic E-state index is 12.0. The second-order valence-corrected chi connectivity index (χ2v) is 4.71. The summed E-state index contributed by atoms with van der Waals surface area (Å²) in [5.41, 5.74) is 3.18. The molecular weight excluding hydrogens is 264 g/mol. The van der Waals surface area contributed by atoms with Gasteiger partial charge in [-0.25, -0.2) is 0 Å². The van der Waals surface area contributed by atoms with Crippen molar-refractivity contribution in [3.05, 3.63) is 59.2 Å². The predicted molar refractivity (Wildman–Crippen MR) is 81.2 cm³/mol. The Hall–Kier alpha value is -2.80. The van der Waals surface area contributed by atoms with E-state index in [4.69, 9.17) is 10.00 Å². The van der Waals surface area contributed by atoms with Crippen molar-refractivity contribution < 1.29 is 9.53 Å². The highest BCUT2D eigenvalue weighted by molar-refractivity contribution is 5.93. The van der Waals surface area contributed by atoms with E-state index in [9.17, 15) is 4.79 Å². The molecule has 0 fully saturated rings. The number of aryl methyl sites for hydroxylation is 1. The van der Waals surface area contributed by atoms with E-state index in [2.05, 4.69) is 11.4 Å². The van der Waals surface area contributed by atoms with Crippen LogP contribution in [0.5, 0.6) is 5.75 Å². The number of carbonyl (C=O) groups excluding carboxylic acids is 1. The van der Waals surface area contributed by atoms with Crippen LogP contribution in [0.3, 0.4) is 0 Å². The van der Waals surface area contributed by atoms with Crippen LogP contribution in [0.2, 0.25) is 0 Å². The fraction of sp³-hybridized carbons (Fsp3) is 0.176. The summed E-state index contributed by atoms with van der Waals surface area (Å²) in [6.07, 6.45) is 0.275. The average molecular weight is 280 g/mol. The molecular formula is C17H16N2O2. The van der Waals surface area contributed by atoms with Gasteiger partial charge in [0.25, 0.3) is 0 Å². The Kier molecular flexibility index (Phi) is 4.57. The number of amides is 1. The Morgan fingerprint density at radius 2 is 1.95 bits per heavy atom. The van der Waals surface area contributed by atoms with Crippen LogP contribution in [-0.2, 0) is 11.2 Å². The molecule has 0 heterocycles. The molecule has 0 unspecified atom stereocenters. The molecule has 106 valence electrons. The molecule has 0 radical (unpaired) electrons. The molecule has 2 aromatic carbocycles. The largest absolute Gasteiger partial charge is 0.497 e. The number of ether oxygens (including phenoxy) is 1. The Bertz CT molecular complexity index is 685. The number of nitriles is 1. The Morgan fingerprint density at radius 1 is 1.24 bits per heavy atom. The number of anilines is 1. The van der Waals surface area contributed by atoms with E-state index >= 15 is 0 Å². The summed E-state index contributed by atoms with van der Waals surface area (Å²) in [6, 6.07) is 14.6. The number of nitrogens with one attached hydrogen (secondary N) is 1. The van der Waals surface area contributed by atoms with E-state index in [1.165, 1.54) is 0 Å². The summed E-state index contributed by atoms with van der Waals surface area (Å²) in [6.45, 7) is 1.92. The zero-order valence-electron chi connectivity index (χ0n) is 12.0. The van der Waals surface area contributed by atoms with Crippen LogP contribution in [0.25, 0.3) is 0 Å². The van der Waals surface area contributed by atoms with Gasteiger partial charge in [-0.3, -0.25) is 4.79 Å². The number of benzene rings is 2. The first kappa shape index (κ1) is 14.6. The Labute approximate surface area is 124 Å². The van der Waals surface area contributed by atoms with Gasteiger partial charge in [0, 0.05) is 5.69 Å². The number of carbonyl (C=O) groups is 1. The smallest absolute Gasteiger partial charge is 0.228 e. The maximum Gasteiger partial charge on any atom is 0.228 e. The zero-order chi connectivity index (χ0) is 15.2. The Morgan fingerprint density at radius 3 is 2.52 bits per heavy atom. The van der Waals surface area contributed by atoms with Gasteiger partial charge in [-0.1, -0.05) is 12.1 Å². The summed E-state index contributed by atoms with van der Waals surface area (Å²) in [7, 11) is 1.61. The monoisotopic (exact) mass is 280 g/mol. The third-order valence-corrected chi connectivity index (χ3v) is 3.16. The predicted octanol–water partition coefficient (Wildman–Crippen LogP) is 3.06. The van der Waals surface area contributed by atoms with Gasteiger partial charge < -0.3 is 10.1 Å². The number of hydrogen-bond donors (Lipinski definition) is 1. The molecule has 0 bridgehead atoms. The van der Waals surface area contributed by atoms with Crippen LogP contribution in [0, 0.1) is 18.3 Å². The van der Waals surface area contributed by atoms with Crippen LogP contribution >= 0.6 is 0 Å². The Balaban J connectivity index is 2.02. The fourth-order valence-corrected chi connectivity index (χ4v) is 1.98. The van der Waals surface area contributed by atoms with E-state index in [0.717, 1.165) is 22.6 Å². The van der Waals surface area contributed by atoms with Crippen molar-refractivity contribution in [2.75, 3.05) is 12.4 Å². The molecule has 0 aliphatic rings. The first-order chi connectivity index (χ1) is 10.1. The highest BCUT2D eigenvalue weighted by atomic mass is 16.5. The van der Waals surface area contributed by atoms with Crippen molar-refractivity contribution in [1.82, 2.24) is 0 Å². The molecule has 0 saturated carbocycles. The summed E-state index contributed by atoms with van der Waals surface area (Å²) < 4.78 is 5.13. The first-order valence-corrected chi connectivity index (χ1v) is 6.56. The van der Waals surface area contributed by atoms with Gasteiger partial charge in [-0.2, -0.15) is 5.26 Å². The first-order valence-electron chi connectivity index (χ1n) is 6.56. The van der Waals surface area contributed by atoms with Crippen molar-refractivity contribution in [3.8, 4) is 11.8 Å². The lowest BCUT2D eigenvalue weighted by atomic mass is 10.1. The minimum absolute atomic E-state index is 0.0898. The lowest BCUT2D eigenvalue weighted by Crippen LogP contribution is -2.15. The van der Waals surface area contributed by atoms with Crippen molar-refractivity contribution >= 4 is 11.6 Å². The SMILES string of the molecule is COc1ccc(NC(=O)Cc2ccc(C#N)cc2)c(C)c1. The van der Waals surface area contributed by atoms with Gasteiger partial charge >= 0.3 is 0 Å². The minimum atomic E-state index is -0.0898. The molecule has 1 amide bonds. The molecule has 0 aliphatic heterocycles. The van der Waals surface area contributed by atoms with Crippen molar-refractivity contribution in [1.29, 1.82) is 5.26 Å². The van der Waals surface area contributed by atoms with Gasteiger partial charge in [0.2, 0.25) is 5.91 Å². The molecule has 1 N–H and O–H groups in total. The third kappa shape index (κ3) is 3.83. The maximum atomic E-state index is 12.0. The lowest BCUT2D eigenvalue weighted by Gasteiger charge is -2.10. The highest BCUT2D eigenvalue weighted by Crippen LogP contribution is 2.21. The number of rotatable bonds is 4. The van der Waals surface area contributed by atoms with E-state index < -0.39 is 0 Å². The summed E-state index contributed by atoms with van der Waals surface area (Å²) >= 11 is 0. The molecule has 0 atom stereocenters. The van der Waals surface area contributed by atoms with Crippen molar-refractivity contribution in [2.45, 2.75) is 13.3 Å². The highest BCUT2D eigenvalue weighted by Gasteiger charge is 2.07. The molecule has 0 saturated heterocycles. The summed E-state index contributed by atoms with van der Waals surface area (Å²) in [5.74, 6) is 0.672. The topological polar surface area (TPSA) is 62.1 Å². The van der Waals surface area contributed by atoms with Crippen LogP contribution < -0.4 is 10.1 Å². The quantitative estimate of drug-likeness (QED) is 0.936. The molecule has 4 heteroatoms.